The number of rotatable bonds is 6. The number of pyridine rings is 1. The third-order valence-corrected chi connectivity index (χ3v) is 5.72. The summed E-state index contributed by atoms with van der Waals surface area (Å²) in [5.74, 6) is 0.485. The largest absolute Gasteiger partial charge is 0.489 e. The molecule has 0 bridgehead atoms. The molecule has 5 nitrogen and oxygen atoms in total. The van der Waals surface area contributed by atoms with E-state index in [1.807, 2.05) is 82.3 Å². The van der Waals surface area contributed by atoms with Crippen LogP contribution < -0.4 is 15.8 Å². The second kappa shape index (κ2) is 13.0. The van der Waals surface area contributed by atoms with Crippen LogP contribution in [0.1, 0.15) is 48.0 Å². The summed E-state index contributed by atoms with van der Waals surface area (Å²) in [5.41, 5.74) is 11.5. The van der Waals surface area contributed by atoms with E-state index in [2.05, 4.69) is 10.3 Å². The first-order valence-electron chi connectivity index (χ1n) is 11.4. The number of nitrogen functional groups attached to an aromatic ring is 1. The van der Waals surface area contributed by atoms with Crippen LogP contribution in [0.3, 0.4) is 0 Å². The number of carbonyl (C=O) groups excluding carboxylic acids is 1. The van der Waals surface area contributed by atoms with Crippen molar-refractivity contribution in [1.29, 1.82) is 0 Å². The van der Waals surface area contributed by atoms with Crippen molar-refractivity contribution in [2.45, 2.75) is 40.7 Å². The van der Waals surface area contributed by atoms with Crippen LogP contribution in [0.2, 0.25) is 5.02 Å². The van der Waals surface area contributed by atoms with E-state index in [0.717, 1.165) is 34.1 Å². The third-order valence-electron chi connectivity index (χ3n) is 5.30. The lowest BCUT2D eigenvalue weighted by Gasteiger charge is -2.13. The molecule has 0 aliphatic heterocycles. The minimum absolute atomic E-state index is 0. The average molecular weight is 512 g/mol. The summed E-state index contributed by atoms with van der Waals surface area (Å²) in [4.78, 5) is 17.6. The molecule has 4 aromatic rings. The Kier molecular flexibility index (Phi) is 10.4. The fourth-order valence-corrected chi connectivity index (χ4v) is 3.62. The van der Waals surface area contributed by atoms with Crippen molar-refractivity contribution in [3.63, 3.8) is 0 Å². The Morgan fingerprint density at radius 1 is 1.06 bits per heavy atom. The zero-order valence-corrected chi connectivity index (χ0v) is 22.0. The number of halogens is 2. The predicted octanol–water partition coefficient (Wildman–Crippen LogP) is 7.62. The Balaban J connectivity index is 0.00000140. The van der Waals surface area contributed by atoms with Crippen LogP contribution in [0.15, 0.2) is 66.7 Å². The standard InChI is InChI=1S/C26H24ClN3O2.C2H6.ClH/c1-3-18-14-24(28)22-13-19(8-11-25(22)29-18)30-26(31)21-7-5-4-6-17(21)15-32-20-9-10-23(27)16(2)12-20;1-2;/h4-14H,3,15H2,1-2H3,(H2,28,29)(H,30,31);1-2H3;1H. The number of benzene rings is 3. The van der Waals surface area contributed by atoms with Gasteiger partial charge in [-0.1, -0.05) is 50.6 Å². The number of hydrogen-bond acceptors (Lipinski definition) is 4. The summed E-state index contributed by atoms with van der Waals surface area (Å²) in [6, 6.07) is 20.3. The summed E-state index contributed by atoms with van der Waals surface area (Å²) in [6.45, 7) is 8.22. The van der Waals surface area contributed by atoms with Gasteiger partial charge in [0.25, 0.3) is 5.91 Å². The summed E-state index contributed by atoms with van der Waals surface area (Å²) in [7, 11) is 0. The second-order valence-corrected chi connectivity index (χ2v) is 8.01. The normalized spacial score (nSPS) is 10.1. The van der Waals surface area contributed by atoms with Crippen LogP contribution in [-0.2, 0) is 13.0 Å². The molecule has 3 N–H and O–H groups in total. The number of amides is 1. The molecule has 0 unspecified atom stereocenters. The first-order chi connectivity index (χ1) is 16.4. The molecule has 0 fully saturated rings. The number of anilines is 2. The number of aryl methyl sites for hydroxylation is 2. The highest BCUT2D eigenvalue weighted by Crippen LogP contribution is 2.26. The molecule has 35 heavy (non-hydrogen) atoms. The van der Waals surface area contributed by atoms with Crippen molar-refractivity contribution < 1.29 is 9.53 Å². The summed E-state index contributed by atoms with van der Waals surface area (Å²) >= 11 is 6.08. The van der Waals surface area contributed by atoms with Crippen molar-refractivity contribution in [3.8, 4) is 5.75 Å². The monoisotopic (exact) mass is 511 g/mol. The second-order valence-electron chi connectivity index (χ2n) is 7.60. The molecule has 1 amide bonds. The van der Waals surface area contributed by atoms with Gasteiger partial charge in [-0.15, -0.1) is 12.4 Å². The summed E-state index contributed by atoms with van der Waals surface area (Å²) in [5, 5.41) is 4.47. The van der Waals surface area contributed by atoms with Gasteiger partial charge in [0.15, 0.2) is 0 Å². The number of aromatic nitrogens is 1. The summed E-state index contributed by atoms with van der Waals surface area (Å²) < 4.78 is 5.90. The van der Waals surface area contributed by atoms with Crippen molar-refractivity contribution in [2.75, 3.05) is 11.1 Å². The summed E-state index contributed by atoms with van der Waals surface area (Å²) in [6.07, 6.45) is 0.813. The van der Waals surface area contributed by atoms with Crippen LogP contribution in [0.25, 0.3) is 10.9 Å². The quantitative estimate of drug-likeness (QED) is 0.279. The van der Waals surface area contributed by atoms with E-state index in [-0.39, 0.29) is 24.9 Å². The molecular weight excluding hydrogens is 481 g/mol. The number of fused-ring (bicyclic) bond motifs is 1. The topological polar surface area (TPSA) is 77.2 Å². The minimum Gasteiger partial charge on any atom is -0.489 e. The van der Waals surface area contributed by atoms with Gasteiger partial charge in [-0.2, -0.15) is 0 Å². The van der Waals surface area contributed by atoms with Crippen molar-refractivity contribution in [1.82, 2.24) is 4.98 Å². The maximum absolute atomic E-state index is 13.0. The fourth-order valence-electron chi connectivity index (χ4n) is 3.50. The molecule has 0 radical (unpaired) electrons. The van der Waals surface area contributed by atoms with E-state index in [9.17, 15) is 4.79 Å². The number of nitrogens with zero attached hydrogens (tertiary/aromatic N) is 1. The van der Waals surface area contributed by atoms with Crippen molar-refractivity contribution in [2.24, 2.45) is 0 Å². The third kappa shape index (κ3) is 6.87. The van der Waals surface area contributed by atoms with E-state index < -0.39 is 0 Å². The number of ether oxygens (including phenoxy) is 1. The molecule has 1 heterocycles. The molecule has 1 aromatic heterocycles. The molecule has 4 rings (SSSR count). The van der Waals surface area contributed by atoms with Crippen LogP contribution in [0.4, 0.5) is 11.4 Å². The van der Waals surface area contributed by atoms with Crippen LogP contribution in [0, 0.1) is 6.92 Å². The van der Waals surface area contributed by atoms with E-state index in [4.69, 9.17) is 22.1 Å². The molecule has 3 aromatic carbocycles. The van der Waals surface area contributed by atoms with E-state index in [1.54, 1.807) is 12.1 Å². The molecule has 184 valence electrons. The van der Waals surface area contributed by atoms with Gasteiger partial charge in [0, 0.05) is 38.6 Å². The first-order valence-corrected chi connectivity index (χ1v) is 11.8. The van der Waals surface area contributed by atoms with Crippen LogP contribution >= 0.6 is 24.0 Å². The molecule has 0 saturated carbocycles. The Hall–Kier alpha value is -3.28. The van der Waals surface area contributed by atoms with Crippen molar-refractivity contribution >= 4 is 52.2 Å². The molecule has 7 heteroatoms. The highest BCUT2D eigenvalue weighted by molar-refractivity contribution is 6.31. The van der Waals surface area contributed by atoms with E-state index in [0.29, 0.717) is 27.7 Å². The van der Waals surface area contributed by atoms with Gasteiger partial charge in [0.05, 0.1) is 5.52 Å². The number of nitrogens with one attached hydrogen (secondary N) is 1. The zero-order chi connectivity index (χ0) is 24.7. The molecule has 0 spiro atoms. The first kappa shape index (κ1) is 28.0. The molecule has 0 atom stereocenters. The van der Waals surface area contributed by atoms with Gasteiger partial charge in [-0.05, 0) is 67.4 Å². The highest BCUT2D eigenvalue weighted by Gasteiger charge is 2.13. The van der Waals surface area contributed by atoms with Gasteiger partial charge in [0.2, 0.25) is 0 Å². The Morgan fingerprint density at radius 3 is 2.51 bits per heavy atom. The molecule has 0 aliphatic carbocycles. The Labute approximate surface area is 218 Å². The maximum atomic E-state index is 13.0. The fraction of sp³-hybridized carbons (Fsp3) is 0.214. The molecular formula is C28H31Cl2N3O2. The number of hydrogen-bond donors (Lipinski definition) is 2. The number of nitrogens with two attached hydrogens (primary N) is 1. The van der Waals surface area contributed by atoms with Crippen molar-refractivity contribution in [3.05, 3.63) is 94.1 Å². The molecule has 0 aliphatic rings. The Morgan fingerprint density at radius 2 is 1.80 bits per heavy atom. The van der Waals surface area contributed by atoms with Gasteiger partial charge in [-0.3, -0.25) is 9.78 Å². The Bertz CT molecular complexity index is 1310. The SMILES string of the molecule is CC.CCc1cc(N)c2cc(NC(=O)c3ccccc3COc3ccc(Cl)c(C)c3)ccc2n1.Cl. The minimum atomic E-state index is -0.215. The maximum Gasteiger partial charge on any atom is 0.256 e. The zero-order valence-electron chi connectivity index (χ0n) is 20.4. The predicted molar refractivity (Wildman–Crippen MR) is 149 cm³/mol. The van der Waals surface area contributed by atoms with Gasteiger partial charge >= 0.3 is 0 Å². The van der Waals surface area contributed by atoms with Crippen LogP contribution in [0.5, 0.6) is 5.75 Å². The van der Waals surface area contributed by atoms with E-state index in [1.165, 1.54) is 0 Å². The average Bonchev–Trinajstić information content (AvgIpc) is 2.86. The van der Waals surface area contributed by atoms with Crippen LogP contribution in [-0.4, -0.2) is 10.9 Å². The lowest BCUT2D eigenvalue weighted by molar-refractivity contribution is 0.102. The number of carbonyl (C=O) groups is 1. The van der Waals surface area contributed by atoms with Gasteiger partial charge < -0.3 is 15.8 Å². The lowest BCUT2D eigenvalue weighted by atomic mass is 10.1. The van der Waals surface area contributed by atoms with E-state index >= 15 is 0 Å². The van der Waals surface area contributed by atoms with Gasteiger partial charge in [-0.25, -0.2) is 0 Å². The lowest BCUT2D eigenvalue weighted by Crippen LogP contribution is -2.15. The highest BCUT2D eigenvalue weighted by atomic mass is 35.5. The smallest absolute Gasteiger partial charge is 0.256 e. The molecule has 0 saturated heterocycles. The van der Waals surface area contributed by atoms with Gasteiger partial charge in [0.1, 0.15) is 12.4 Å².